The van der Waals surface area contributed by atoms with E-state index in [0.29, 0.717) is 0 Å². The molecule has 150 valence electrons. The molecule has 0 saturated heterocycles. The standard InChI is InChI=1S/C9H8O3.C9H12O2.2C2H6/c1-6-2-4-7(5-3-6)8(10)9(11)12;1-7-2-4-8(5-3-7)9(11)6-10;2*1-2/h2-5H,1H3,(H,11,12);2-5,9-11H,6H2,1H3;2*1-2H3. The third-order valence-corrected chi connectivity index (χ3v) is 3.14. The van der Waals surface area contributed by atoms with E-state index in [9.17, 15) is 14.7 Å². The lowest BCUT2D eigenvalue weighted by Gasteiger charge is -2.06. The number of carbonyl (C=O) groups is 2. The number of carbonyl (C=O) groups excluding carboxylic acids is 1. The largest absolute Gasteiger partial charge is 0.475 e. The topological polar surface area (TPSA) is 94.8 Å². The van der Waals surface area contributed by atoms with Crippen molar-refractivity contribution in [2.24, 2.45) is 0 Å². The molecule has 1 atom stereocenters. The number of aliphatic hydroxyl groups is 2. The molecule has 0 aliphatic rings. The van der Waals surface area contributed by atoms with Gasteiger partial charge in [0.25, 0.3) is 5.78 Å². The van der Waals surface area contributed by atoms with Crippen molar-refractivity contribution in [3.05, 3.63) is 70.8 Å². The van der Waals surface area contributed by atoms with Crippen LogP contribution in [0.25, 0.3) is 0 Å². The van der Waals surface area contributed by atoms with Gasteiger partial charge in [-0.3, -0.25) is 4.79 Å². The third-order valence-electron chi connectivity index (χ3n) is 3.14. The maximum atomic E-state index is 10.9. The lowest BCUT2D eigenvalue weighted by atomic mass is 10.1. The van der Waals surface area contributed by atoms with Gasteiger partial charge in [-0.1, -0.05) is 87.4 Å². The number of benzene rings is 2. The minimum atomic E-state index is -1.42. The lowest BCUT2D eigenvalue weighted by Crippen LogP contribution is -2.12. The van der Waals surface area contributed by atoms with Gasteiger partial charge in [0, 0.05) is 5.56 Å². The Morgan fingerprint density at radius 2 is 1.19 bits per heavy atom. The van der Waals surface area contributed by atoms with Crippen molar-refractivity contribution in [3.63, 3.8) is 0 Å². The molecular formula is C22H32O5. The average Bonchev–Trinajstić information content (AvgIpc) is 2.71. The van der Waals surface area contributed by atoms with Crippen LogP contribution in [-0.2, 0) is 4.79 Å². The number of aliphatic carboxylic acids is 1. The maximum absolute atomic E-state index is 10.9. The second-order valence-corrected chi connectivity index (χ2v) is 5.11. The van der Waals surface area contributed by atoms with Gasteiger partial charge in [-0.2, -0.15) is 0 Å². The lowest BCUT2D eigenvalue weighted by molar-refractivity contribution is -0.131. The number of rotatable bonds is 4. The van der Waals surface area contributed by atoms with E-state index in [4.69, 9.17) is 10.2 Å². The van der Waals surface area contributed by atoms with Gasteiger partial charge >= 0.3 is 5.97 Å². The monoisotopic (exact) mass is 376 g/mol. The Balaban J connectivity index is 0. The van der Waals surface area contributed by atoms with Crippen LogP contribution in [0.15, 0.2) is 48.5 Å². The van der Waals surface area contributed by atoms with E-state index in [2.05, 4.69) is 0 Å². The smallest absolute Gasteiger partial charge is 0.377 e. The summed E-state index contributed by atoms with van der Waals surface area (Å²) in [6, 6.07) is 13.9. The summed E-state index contributed by atoms with van der Waals surface area (Å²) in [7, 11) is 0. The molecule has 0 spiro atoms. The molecule has 2 aromatic carbocycles. The molecule has 0 heterocycles. The van der Waals surface area contributed by atoms with Crippen molar-refractivity contribution >= 4 is 11.8 Å². The molecular weight excluding hydrogens is 344 g/mol. The predicted molar refractivity (Wildman–Crippen MR) is 109 cm³/mol. The molecule has 5 nitrogen and oxygen atoms in total. The molecule has 2 aromatic rings. The number of ketones is 1. The Labute approximate surface area is 162 Å². The van der Waals surface area contributed by atoms with Crippen molar-refractivity contribution in [3.8, 4) is 0 Å². The summed E-state index contributed by atoms with van der Waals surface area (Å²) < 4.78 is 0. The van der Waals surface area contributed by atoms with Crippen molar-refractivity contribution in [2.75, 3.05) is 6.61 Å². The highest BCUT2D eigenvalue weighted by Crippen LogP contribution is 2.12. The summed E-state index contributed by atoms with van der Waals surface area (Å²) in [6.07, 6.45) is -0.740. The quantitative estimate of drug-likeness (QED) is 0.545. The Kier molecular flexibility index (Phi) is 15.6. The van der Waals surface area contributed by atoms with Crippen LogP contribution in [0.2, 0.25) is 0 Å². The van der Waals surface area contributed by atoms with E-state index in [0.717, 1.165) is 16.7 Å². The van der Waals surface area contributed by atoms with Gasteiger partial charge in [0.15, 0.2) is 0 Å². The van der Waals surface area contributed by atoms with Gasteiger partial charge in [-0.15, -0.1) is 0 Å². The SMILES string of the molecule is CC.CC.Cc1ccc(C(=O)C(=O)O)cc1.Cc1ccc(C(O)CO)cc1. The first kappa shape index (κ1) is 26.7. The number of carboxylic acids is 1. The second-order valence-electron chi connectivity index (χ2n) is 5.11. The Hall–Kier alpha value is -2.50. The van der Waals surface area contributed by atoms with Crippen LogP contribution < -0.4 is 0 Å². The zero-order chi connectivity index (χ0) is 21.4. The van der Waals surface area contributed by atoms with Crippen LogP contribution in [-0.4, -0.2) is 33.7 Å². The zero-order valence-electron chi connectivity index (χ0n) is 17.1. The number of aliphatic hydroxyl groups excluding tert-OH is 2. The van der Waals surface area contributed by atoms with Crippen molar-refractivity contribution in [2.45, 2.75) is 47.6 Å². The van der Waals surface area contributed by atoms with Crippen LogP contribution in [0.4, 0.5) is 0 Å². The Morgan fingerprint density at radius 1 is 0.815 bits per heavy atom. The summed E-state index contributed by atoms with van der Waals surface area (Å²) in [5.74, 6) is -2.28. The van der Waals surface area contributed by atoms with E-state index in [1.54, 1.807) is 12.1 Å². The molecule has 5 heteroatoms. The molecule has 0 aromatic heterocycles. The van der Waals surface area contributed by atoms with E-state index >= 15 is 0 Å². The molecule has 0 aliphatic carbocycles. The first-order valence-electron chi connectivity index (χ1n) is 9.05. The number of Topliss-reactive ketones (excluding diaryl/α,β-unsaturated/α-hetero) is 1. The summed E-state index contributed by atoms with van der Waals surface area (Å²) in [4.78, 5) is 21.1. The highest BCUT2D eigenvalue weighted by molar-refractivity contribution is 6.39. The molecule has 0 saturated carbocycles. The van der Waals surface area contributed by atoms with Gasteiger partial charge in [-0.25, -0.2) is 4.79 Å². The van der Waals surface area contributed by atoms with Crippen LogP contribution >= 0.6 is 0 Å². The molecule has 2 rings (SSSR count). The number of aryl methyl sites for hydroxylation is 2. The summed E-state index contributed by atoms with van der Waals surface area (Å²) in [5, 5.41) is 26.1. The van der Waals surface area contributed by atoms with Crippen molar-refractivity contribution in [1.82, 2.24) is 0 Å². The normalized spacial score (nSPS) is 9.93. The van der Waals surface area contributed by atoms with E-state index in [1.165, 1.54) is 12.1 Å². The summed E-state index contributed by atoms with van der Waals surface area (Å²) in [6.45, 7) is 11.6. The van der Waals surface area contributed by atoms with Gasteiger partial charge in [-0.05, 0) is 19.4 Å². The molecule has 27 heavy (non-hydrogen) atoms. The molecule has 0 radical (unpaired) electrons. The van der Waals surface area contributed by atoms with Crippen LogP contribution in [0.5, 0.6) is 0 Å². The number of hydrogen-bond donors (Lipinski definition) is 3. The molecule has 3 N–H and O–H groups in total. The van der Waals surface area contributed by atoms with Crippen molar-refractivity contribution in [1.29, 1.82) is 0 Å². The fourth-order valence-electron chi connectivity index (χ4n) is 1.72. The van der Waals surface area contributed by atoms with Gasteiger partial charge in [0.05, 0.1) is 6.61 Å². The fraction of sp³-hybridized carbons (Fsp3) is 0.364. The molecule has 0 amide bonds. The van der Waals surface area contributed by atoms with Crippen LogP contribution in [0, 0.1) is 13.8 Å². The van der Waals surface area contributed by atoms with Gasteiger partial charge in [0.2, 0.25) is 0 Å². The first-order valence-corrected chi connectivity index (χ1v) is 9.05. The summed E-state index contributed by atoms with van der Waals surface area (Å²) in [5.41, 5.74) is 3.13. The van der Waals surface area contributed by atoms with Crippen LogP contribution in [0.1, 0.15) is 60.8 Å². The molecule has 1 unspecified atom stereocenters. The van der Waals surface area contributed by atoms with Gasteiger partial charge in [0.1, 0.15) is 6.10 Å². The fourth-order valence-corrected chi connectivity index (χ4v) is 1.72. The van der Waals surface area contributed by atoms with E-state index in [-0.39, 0.29) is 12.2 Å². The highest BCUT2D eigenvalue weighted by Gasteiger charge is 2.13. The third kappa shape index (κ3) is 10.9. The Bertz CT molecular complexity index is 645. The Morgan fingerprint density at radius 3 is 1.52 bits per heavy atom. The molecule has 0 fully saturated rings. The van der Waals surface area contributed by atoms with Crippen LogP contribution in [0.3, 0.4) is 0 Å². The minimum Gasteiger partial charge on any atom is -0.475 e. The minimum absolute atomic E-state index is 0.216. The molecule has 0 bridgehead atoms. The maximum Gasteiger partial charge on any atom is 0.377 e. The zero-order valence-corrected chi connectivity index (χ0v) is 17.1. The summed E-state index contributed by atoms with van der Waals surface area (Å²) >= 11 is 0. The molecule has 0 aliphatic heterocycles. The van der Waals surface area contributed by atoms with E-state index in [1.807, 2.05) is 65.8 Å². The second kappa shape index (κ2) is 15.7. The first-order chi connectivity index (χ1) is 12.8. The van der Waals surface area contributed by atoms with Crippen molar-refractivity contribution < 1.29 is 24.9 Å². The van der Waals surface area contributed by atoms with E-state index < -0.39 is 17.9 Å². The number of hydrogen-bond acceptors (Lipinski definition) is 4. The predicted octanol–water partition coefficient (Wildman–Crippen LogP) is 4.34. The number of carboxylic acid groups (broad SMARTS) is 1. The average molecular weight is 376 g/mol. The van der Waals surface area contributed by atoms with Gasteiger partial charge < -0.3 is 15.3 Å². The highest BCUT2D eigenvalue weighted by atomic mass is 16.4.